The van der Waals surface area contributed by atoms with Gasteiger partial charge in [-0.25, -0.2) is 0 Å². The molecule has 0 saturated heterocycles. The summed E-state index contributed by atoms with van der Waals surface area (Å²) in [4.78, 5) is 0. The van der Waals surface area contributed by atoms with Crippen LogP contribution in [-0.2, 0) is 49.4 Å². The van der Waals surface area contributed by atoms with Crippen LogP contribution in [0, 0.1) is 48.5 Å². The highest BCUT2D eigenvalue weighted by molar-refractivity contribution is 5.97. The zero-order chi connectivity index (χ0) is 92.4. The van der Waals surface area contributed by atoms with Crippen molar-refractivity contribution >= 4 is 75.4 Å². The van der Waals surface area contributed by atoms with Crippen LogP contribution in [0.4, 0.5) is 0 Å². The smallest absolute Gasteiger partial charge is 0.00144 e. The monoisotopic (exact) mass is 1720 g/mol. The van der Waals surface area contributed by atoms with Gasteiger partial charge in [0.05, 0.1) is 0 Å². The van der Waals surface area contributed by atoms with Crippen LogP contribution in [0.1, 0.15) is 158 Å². The molecule has 0 radical (unpaired) electrons. The van der Waals surface area contributed by atoms with Crippen molar-refractivity contribution in [1.82, 2.24) is 0 Å². The summed E-state index contributed by atoms with van der Waals surface area (Å²) in [5.41, 5.74) is 34.6. The molecule has 0 unspecified atom stereocenters. The van der Waals surface area contributed by atoms with E-state index in [-0.39, 0.29) is 10.8 Å². The van der Waals surface area contributed by atoms with E-state index < -0.39 is 0 Å². The van der Waals surface area contributed by atoms with Gasteiger partial charge in [0.1, 0.15) is 0 Å². The van der Waals surface area contributed by atoms with Crippen molar-refractivity contribution in [3.63, 3.8) is 0 Å². The second kappa shape index (κ2) is 42.6. The van der Waals surface area contributed by atoms with Gasteiger partial charge < -0.3 is 0 Å². The van der Waals surface area contributed by atoms with E-state index in [0.29, 0.717) is 0 Å². The molecular weight excluding hydrogens is 1600 g/mol. The van der Waals surface area contributed by atoms with Gasteiger partial charge in [0.25, 0.3) is 0 Å². The topological polar surface area (TPSA) is 0 Å². The molecule has 0 spiro atoms. The molecule has 0 fully saturated rings. The summed E-state index contributed by atoms with van der Waals surface area (Å²) in [5, 5.41) is 18.8. The van der Waals surface area contributed by atoms with E-state index in [9.17, 15) is 0 Å². The van der Waals surface area contributed by atoms with Gasteiger partial charge in [-0.15, -0.1) is 0 Å². The van der Waals surface area contributed by atoms with Gasteiger partial charge in [0.2, 0.25) is 0 Å². The largest absolute Gasteiger partial charge is 0.0622 e. The Kier molecular flexibility index (Phi) is 29.4. The summed E-state index contributed by atoms with van der Waals surface area (Å²) < 4.78 is 0. The van der Waals surface area contributed by atoms with E-state index in [1.807, 2.05) is 0 Å². The Morgan fingerprint density at radius 2 is 0.489 bits per heavy atom. The van der Waals surface area contributed by atoms with Gasteiger partial charge in [-0.05, 0) is 296 Å². The lowest BCUT2D eigenvalue weighted by Gasteiger charge is -2.23. The Balaban J connectivity index is 0.000000117. The SMILES string of the molecule is CC(C)(C)c1ccc(Cc2ccc(C(C)(C)C)c3ccccc23)cc1.Cc1cc(C)c(Cc2cccc3ccccc23)c(C)c1.Cc1ccc(Cc2ccc(C)c3ccccc23)cc1.Cc1ccc(Cc2cccc3ccccc23)c(C)c1.c1ccc(-c2ccc(Cc3cccc4ccccc34)cc2)cc1.c1ccc2c(Cc3ccc(-c4cccc5ccccc45)cc3)cccc2c1. The summed E-state index contributed by atoms with van der Waals surface area (Å²) >= 11 is 0. The fourth-order valence-corrected chi connectivity index (χ4v) is 19.0. The zero-order valence-corrected chi connectivity index (χ0v) is 79.9. The highest BCUT2D eigenvalue weighted by Gasteiger charge is 2.20. The van der Waals surface area contributed by atoms with Gasteiger partial charge in [0.15, 0.2) is 0 Å². The van der Waals surface area contributed by atoms with Crippen molar-refractivity contribution in [3.05, 3.63) is 560 Å². The van der Waals surface area contributed by atoms with Crippen molar-refractivity contribution in [2.24, 2.45) is 0 Å². The summed E-state index contributed by atoms with van der Waals surface area (Å²) in [6, 6.07) is 160. The summed E-state index contributed by atoms with van der Waals surface area (Å²) in [5.74, 6) is 0. The number of benzene rings is 21. The summed E-state index contributed by atoms with van der Waals surface area (Å²) in [6.07, 6.45) is 5.93. The third-order valence-electron chi connectivity index (χ3n) is 26.3. The van der Waals surface area contributed by atoms with Crippen molar-refractivity contribution < 1.29 is 0 Å². The molecule has 0 bridgehead atoms. The molecule has 0 nitrogen and oxygen atoms in total. The highest BCUT2D eigenvalue weighted by Crippen LogP contribution is 2.37. The van der Waals surface area contributed by atoms with Crippen molar-refractivity contribution in [1.29, 1.82) is 0 Å². The van der Waals surface area contributed by atoms with E-state index >= 15 is 0 Å². The lowest BCUT2D eigenvalue weighted by molar-refractivity contribution is 0.590. The molecule has 656 valence electrons. The second-order valence-corrected chi connectivity index (χ2v) is 38.3. The molecule has 0 saturated carbocycles. The van der Waals surface area contributed by atoms with Crippen LogP contribution in [0.25, 0.3) is 97.7 Å². The van der Waals surface area contributed by atoms with Gasteiger partial charge in [-0.1, -0.05) is 501 Å². The Labute approximate surface area is 791 Å². The molecule has 0 aromatic heterocycles. The van der Waals surface area contributed by atoms with Crippen LogP contribution >= 0.6 is 0 Å². The first kappa shape index (κ1) is 91.7. The minimum atomic E-state index is 0.159. The molecule has 0 aliphatic heterocycles. The van der Waals surface area contributed by atoms with E-state index in [1.165, 1.54) is 214 Å². The number of fused-ring (bicyclic) bond motifs is 7. The maximum Gasteiger partial charge on any atom is -0.00144 e. The van der Waals surface area contributed by atoms with Crippen LogP contribution in [0.3, 0.4) is 0 Å². The van der Waals surface area contributed by atoms with Crippen LogP contribution in [0.15, 0.2) is 443 Å². The van der Waals surface area contributed by atoms with E-state index in [0.717, 1.165) is 38.5 Å². The maximum absolute atomic E-state index is 2.32. The van der Waals surface area contributed by atoms with Crippen LogP contribution in [-0.4, -0.2) is 0 Å². The van der Waals surface area contributed by atoms with E-state index in [1.54, 1.807) is 0 Å². The van der Waals surface area contributed by atoms with Gasteiger partial charge in [-0.3, -0.25) is 0 Å². The van der Waals surface area contributed by atoms with Crippen LogP contribution in [0.5, 0.6) is 0 Å². The first-order valence-electron chi connectivity index (χ1n) is 47.4. The molecular formula is C133H124. The fraction of sp³-hybridized carbons (Fsp3) is 0.158. The first-order valence-corrected chi connectivity index (χ1v) is 47.4. The number of hydrogen-bond donors (Lipinski definition) is 0. The molecule has 0 aliphatic rings. The maximum atomic E-state index is 2.32. The Bertz CT molecular complexity index is 7490. The lowest BCUT2D eigenvalue weighted by atomic mass is 9.82. The van der Waals surface area contributed by atoms with Gasteiger partial charge in [0, 0.05) is 0 Å². The minimum absolute atomic E-state index is 0.159. The number of rotatable bonds is 14. The first-order chi connectivity index (χ1) is 64.6. The highest BCUT2D eigenvalue weighted by atomic mass is 14.2. The molecule has 21 aromatic rings. The molecule has 21 aromatic carbocycles. The average Bonchev–Trinajstić information content (AvgIpc) is 0.770. The molecule has 0 N–H and O–H groups in total. The Hall–Kier alpha value is -14.6. The van der Waals surface area contributed by atoms with Crippen molar-refractivity contribution in [3.8, 4) is 22.3 Å². The standard InChI is InChI=1S/C27H20.C25H30.C23H18.C20H20.2C19H18/c1-3-12-25-21(7-1)9-5-11-24(25)19-20-15-17-23(18-16-20)27-14-6-10-22-8-2-4-13-26(22)27;1-24(2,3)20-14-11-18(12-15-20)17-19-13-16-23(25(4,5)6)22-10-8-7-9-21(19)22;1-2-7-19(8-3-1)20-15-13-18(14-16-20)17-22-11-6-10-21-9-4-5-12-23(21)22;1-14-11-15(2)20(16(3)12-14)13-18-9-6-8-17-7-4-5-10-19(17)18;1-14-10-11-17(15(2)12-14)13-18-8-5-7-16-6-3-4-9-19(16)18;1-14-7-10-16(11-8-14)13-17-12-9-15(2)18-5-3-4-6-19(17)18/h1-18H,19H2;7-16H,17H2,1-6H3;1-16H,17H2;4-12H,13H2,1-3H3;2*3-12H,13H2,1-2H3. The molecule has 0 atom stereocenters. The molecule has 0 amide bonds. The van der Waals surface area contributed by atoms with Crippen molar-refractivity contribution in [2.75, 3.05) is 0 Å². The van der Waals surface area contributed by atoms with E-state index in [4.69, 9.17) is 0 Å². The number of hydrogen-bond acceptors (Lipinski definition) is 0. The molecule has 0 heteroatoms. The molecule has 0 aliphatic carbocycles. The zero-order valence-electron chi connectivity index (χ0n) is 79.9. The quantitative estimate of drug-likeness (QED) is 0.102. The van der Waals surface area contributed by atoms with Gasteiger partial charge in [-0.2, -0.15) is 0 Å². The predicted octanol–water partition coefficient (Wildman–Crippen LogP) is 35.8. The third-order valence-corrected chi connectivity index (χ3v) is 26.3. The fourth-order valence-electron chi connectivity index (χ4n) is 19.0. The third kappa shape index (κ3) is 23.3. The molecule has 133 heavy (non-hydrogen) atoms. The normalized spacial score (nSPS) is 11.2. The Morgan fingerprint density at radius 3 is 0.940 bits per heavy atom. The molecule has 0 heterocycles. The summed E-state index contributed by atoms with van der Waals surface area (Å²) in [6.45, 7) is 28.9. The number of aryl methyl sites for hydroxylation is 7. The Morgan fingerprint density at radius 1 is 0.173 bits per heavy atom. The van der Waals surface area contributed by atoms with Crippen LogP contribution < -0.4 is 0 Å². The van der Waals surface area contributed by atoms with Crippen molar-refractivity contribution in [2.45, 2.75) is 139 Å². The van der Waals surface area contributed by atoms with E-state index in [2.05, 4.69) is 533 Å². The summed E-state index contributed by atoms with van der Waals surface area (Å²) in [7, 11) is 0. The van der Waals surface area contributed by atoms with Crippen LogP contribution in [0.2, 0.25) is 0 Å². The molecule has 21 rings (SSSR count). The second-order valence-electron chi connectivity index (χ2n) is 38.3. The average molecular weight is 1720 g/mol. The van der Waals surface area contributed by atoms with Gasteiger partial charge >= 0.3 is 0 Å². The predicted molar refractivity (Wildman–Crippen MR) is 578 cm³/mol. The lowest BCUT2D eigenvalue weighted by Crippen LogP contribution is -2.12. The minimum Gasteiger partial charge on any atom is -0.0622 e.